The van der Waals surface area contributed by atoms with Crippen molar-refractivity contribution < 1.29 is 9.26 Å². The van der Waals surface area contributed by atoms with Crippen molar-refractivity contribution in [2.45, 2.75) is 39.7 Å². The van der Waals surface area contributed by atoms with Gasteiger partial charge >= 0.3 is 0 Å². The number of benzene rings is 1. The Kier molecular flexibility index (Phi) is 5.33. The van der Waals surface area contributed by atoms with Gasteiger partial charge in [0.1, 0.15) is 5.75 Å². The fourth-order valence-corrected chi connectivity index (χ4v) is 2.16. The smallest absolute Gasteiger partial charge is 0.228 e. The van der Waals surface area contributed by atoms with Crippen LogP contribution in [0.4, 0.5) is 0 Å². The Hall–Kier alpha value is -1.88. The highest BCUT2D eigenvalue weighted by molar-refractivity contribution is 5.64. The number of hydrogen-bond acceptors (Lipinski definition) is 5. The monoisotopic (exact) mass is 289 g/mol. The number of aryl methyl sites for hydroxylation is 1. The third-order valence-electron chi connectivity index (χ3n) is 3.29. The topological polar surface area (TPSA) is 60.2 Å². The molecule has 5 nitrogen and oxygen atoms in total. The van der Waals surface area contributed by atoms with Gasteiger partial charge in [-0.05, 0) is 44.5 Å². The van der Waals surface area contributed by atoms with E-state index in [1.165, 1.54) is 0 Å². The van der Waals surface area contributed by atoms with E-state index in [2.05, 4.69) is 29.3 Å². The molecular weight excluding hydrogens is 266 g/mol. The van der Waals surface area contributed by atoms with E-state index >= 15 is 0 Å². The first-order chi connectivity index (χ1) is 10.1. The Labute approximate surface area is 125 Å². The van der Waals surface area contributed by atoms with E-state index in [0.29, 0.717) is 17.8 Å². The molecule has 0 aliphatic carbocycles. The summed E-state index contributed by atoms with van der Waals surface area (Å²) in [5.74, 6) is 1.98. The molecule has 0 saturated heterocycles. The maximum atomic E-state index is 5.39. The molecule has 1 aromatic carbocycles. The van der Waals surface area contributed by atoms with Crippen LogP contribution in [0.3, 0.4) is 0 Å². The normalized spacial score (nSPS) is 12.4. The lowest BCUT2D eigenvalue weighted by atomic mass is 10.1. The molecule has 0 radical (unpaired) electrons. The molecule has 1 heterocycles. The lowest BCUT2D eigenvalue weighted by Gasteiger charge is -2.09. The first-order valence-corrected chi connectivity index (χ1v) is 7.35. The van der Waals surface area contributed by atoms with Crippen LogP contribution in [0.1, 0.15) is 31.7 Å². The second kappa shape index (κ2) is 7.22. The summed E-state index contributed by atoms with van der Waals surface area (Å²) in [5, 5.41) is 7.47. The van der Waals surface area contributed by atoms with Crippen molar-refractivity contribution in [3.05, 3.63) is 29.7 Å². The van der Waals surface area contributed by atoms with Crippen LogP contribution in [-0.4, -0.2) is 29.8 Å². The SMILES string of the molecule is CCCNC(C)Cc1nc(-c2ccc(C)cc2OC)no1. The summed E-state index contributed by atoms with van der Waals surface area (Å²) in [6.45, 7) is 7.28. The fraction of sp³-hybridized carbons (Fsp3) is 0.500. The zero-order valence-electron chi connectivity index (χ0n) is 13.1. The summed E-state index contributed by atoms with van der Waals surface area (Å²) in [4.78, 5) is 4.47. The summed E-state index contributed by atoms with van der Waals surface area (Å²) in [7, 11) is 1.65. The molecular formula is C16H23N3O2. The minimum absolute atomic E-state index is 0.318. The predicted molar refractivity (Wildman–Crippen MR) is 82.5 cm³/mol. The molecule has 2 rings (SSSR count). The molecule has 1 unspecified atom stereocenters. The predicted octanol–water partition coefficient (Wildman–Crippen LogP) is 2.98. The van der Waals surface area contributed by atoms with Gasteiger partial charge in [0.2, 0.25) is 11.7 Å². The molecule has 5 heteroatoms. The van der Waals surface area contributed by atoms with Gasteiger partial charge in [0.15, 0.2) is 0 Å². The lowest BCUT2D eigenvalue weighted by Crippen LogP contribution is -2.28. The maximum absolute atomic E-state index is 5.39. The van der Waals surface area contributed by atoms with Crippen LogP contribution >= 0.6 is 0 Å². The Morgan fingerprint density at radius 3 is 2.90 bits per heavy atom. The molecule has 0 fully saturated rings. The second-order valence-corrected chi connectivity index (χ2v) is 5.27. The van der Waals surface area contributed by atoms with Gasteiger partial charge in [-0.25, -0.2) is 0 Å². The minimum Gasteiger partial charge on any atom is -0.496 e. The Balaban J connectivity index is 2.12. The molecule has 0 spiro atoms. The zero-order valence-corrected chi connectivity index (χ0v) is 13.1. The highest BCUT2D eigenvalue weighted by Crippen LogP contribution is 2.28. The van der Waals surface area contributed by atoms with E-state index in [1.54, 1.807) is 7.11 Å². The van der Waals surface area contributed by atoms with Crippen LogP contribution in [-0.2, 0) is 6.42 Å². The van der Waals surface area contributed by atoms with Crippen LogP contribution in [0, 0.1) is 6.92 Å². The number of rotatable bonds is 7. The van der Waals surface area contributed by atoms with Crippen LogP contribution in [0.15, 0.2) is 22.7 Å². The van der Waals surface area contributed by atoms with E-state index in [9.17, 15) is 0 Å². The van der Waals surface area contributed by atoms with Gasteiger partial charge < -0.3 is 14.6 Å². The molecule has 0 aliphatic heterocycles. The second-order valence-electron chi connectivity index (χ2n) is 5.27. The zero-order chi connectivity index (χ0) is 15.2. The third-order valence-corrected chi connectivity index (χ3v) is 3.29. The average molecular weight is 289 g/mol. The van der Waals surface area contributed by atoms with Crippen molar-refractivity contribution in [3.8, 4) is 17.1 Å². The third kappa shape index (κ3) is 4.04. The summed E-state index contributed by atoms with van der Waals surface area (Å²) >= 11 is 0. The van der Waals surface area contributed by atoms with Gasteiger partial charge in [-0.1, -0.05) is 18.1 Å². The molecule has 0 saturated carbocycles. The molecule has 1 aromatic heterocycles. The highest BCUT2D eigenvalue weighted by Gasteiger charge is 2.15. The van der Waals surface area contributed by atoms with Crippen LogP contribution < -0.4 is 10.1 Å². The molecule has 2 aromatic rings. The Morgan fingerprint density at radius 2 is 2.19 bits per heavy atom. The van der Waals surface area contributed by atoms with Crippen molar-refractivity contribution >= 4 is 0 Å². The first-order valence-electron chi connectivity index (χ1n) is 7.35. The Bertz CT molecular complexity index is 581. The summed E-state index contributed by atoms with van der Waals surface area (Å²) in [6, 6.07) is 6.26. The number of methoxy groups -OCH3 is 1. The van der Waals surface area contributed by atoms with Crippen LogP contribution in [0.2, 0.25) is 0 Å². The van der Waals surface area contributed by atoms with Gasteiger partial charge in [-0.2, -0.15) is 4.98 Å². The molecule has 0 aliphatic rings. The summed E-state index contributed by atoms with van der Waals surface area (Å²) in [5.41, 5.74) is 1.99. The number of aromatic nitrogens is 2. The summed E-state index contributed by atoms with van der Waals surface area (Å²) < 4.78 is 10.7. The largest absolute Gasteiger partial charge is 0.496 e. The summed E-state index contributed by atoms with van der Waals surface area (Å²) in [6.07, 6.45) is 1.83. The van der Waals surface area contributed by atoms with Gasteiger partial charge in [0, 0.05) is 12.5 Å². The van der Waals surface area contributed by atoms with Crippen molar-refractivity contribution in [2.24, 2.45) is 0 Å². The van der Waals surface area contributed by atoms with E-state index in [4.69, 9.17) is 9.26 Å². The molecule has 114 valence electrons. The highest BCUT2D eigenvalue weighted by atomic mass is 16.5. The van der Waals surface area contributed by atoms with E-state index in [1.807, 2.05) is 25.1 Å². The lowest BCUT2D eigenvalue weighted by molar-refractivity contribution is 0.361. The number of nitrogens with zero attached hydrogens (tertiary/aromatic N) is 2. The van der Waals surface area contributed by atoms with Gasteiger partial charge in [0.25, 0.3) is 0 Å². The Morgan fingerprint density at radius 1 is 1.38 bits per heavy atom. The number of ether oxygens (including phenoxy) is 1. The molecule has 21 heavy (non-hydrogen) atoms. The van der Waals surface area contributed by atoms with Crippen molar-refractivity contribution in [1.29, 1.82) is 0 Å². The van der Waals surface area contributed by atoms with Crippen molar-refractivity contribution in [2.75, 3.05) is 13.7 Å². The van der Waals surface area contributed by atoms with Crippen molar-refractivity contribution in [3.63, 3.8) is 0 Å². The molecule has 0 amide bonds. The standard InChI is InChI=1S/C16H23N3O2/c1-5-8-17-12(3)10-15-18-16(19-21-15)13-7-6-11(2)9-14(13)20-4/h6-7,9,12,17H,5,8,10H2,1-4H3. The average Bonchev–Trinajstić information content (AvgIpc) is 2.93. The molecule has 1 N–H and O–H groups in total. The molecule has 0 bridgehead atoms. The number of hydrogen-bond donors (Lipinski definition) is 1. The van der Waals surface area contributed by atoms with Gasteiger partial charge in [-0.15, -0.1) is 0 Å². The molecule has 1 atom stereocenters. The van der Waals surface area contributed by atoms with Crippen molar-refractivity contribution in [1.82, 2.24) is 15.5 Å². The van der Waals surface area contributed by atoms with Crippen LogP contribution in [0.25, 0.3) is 11.4 Å². The van der Waals surface area contributed by atoms with Gasteiger partial charge in [0.05, 0.1) is 12.7 Å². The maximum Gasteiger partial charge on any atom is 0.228 e. The van der Waals surface area contributed by atoms with Crippen LogP contribution in [0.5, 0.6) is 5.75 Å². The fourth-order valence-electron chi connectivity index (χ4n) is 2.16. The van der Waals surface area contributed by atoms with E-state index in [-0.39, 0.29) is 0 Å². The number of nitrogens with one attached hydrogen (secondary N) is 1. The quantitative estimate of drug-likeness (QED) is 0.849. The first kappa shape index (κ1) is 15.5. The van der Waals surface area contributed by atoms with E-state index in [0.717, 1.165) is 36.3 Å². The minimum atomic E-state index is 0.318. The van der Waals surface area contributed by atoms with Gasteiger partial charge in [-0.3, -0.25) is 0 Å². The van der Waals surface area contributed by atoms with E-state index < -0.39 is 0 Å².